The first kappa shape index (κ1) is 18.1. The first-order valence-electron chi connectivity index (χ1n) is 9.01. The van der Waals surface area contributed by atoms with Gasteiger partial charge >= 0.3 is 0 Å². The van der Waals surface area contributed by atoms with Gasteiger partial charge in [0, 0.05) is 25.4 Å². The highest BCUT2D eigenvalue weighted by Gasteiger charge is 2.19. The van der Waals surface area contributed by atoms with Gasteiger partial charge in [0.2, 0.25) is 5.91 Å². The van der Waals surface area contributed by atoms with Crippen LogP contribution in [0.5, 0.6) is 0 Å². The summed E-state index contributed by atoms with van der Waals surface area (Å²) in [6, 6.07) is 18.3. The number of hydrogen-bond donors (Lipinski definition) is 2. The normalized spacial score (nSPS) is 12.2. The van der Waals surface area contributed by atoms with E-state index in [4.69, 9.17) is 10.7 Å². The van der Waals surface area contributed by atoms with E-state index in [0.29, 0.717) is 19.6 Å². The first-order chi connectivity index (χ1) is 12.7. The maximum atomic E-state index is 12.3. The monoisotopic (exact) mass is 349 g/mol. The minimum absolute atomic E-state index is 0.00299. The van der Waals surface area contributed by atoms with E-state index < -0.39 is 0 Å². The van der Waals surface area contributed by atoms with Crippen molar-refractivity contribution in [2.45, 2.75) is 19.9 Å². The van der Waals surface area contributed by atoms with Crippen LogP contribution in [0.25, 0.3) is 11.0 Å². The summed E-state index contributed by atoms with van der Waals surface area (Å²) in [6.45, 7) is 3.79. The second-order valence-electron chi connectivity index (χ2n) is 6.42. The highest BCUT2D eigenvalue weighted by atomic mass is 16.1. The van der Waals surface area contributed by atoms with Gasteiger partial charge in [-0.3, -0.25) is 4.79 Å². The summed E-state index contributed by atoms with van der Waals surface area (Å²) in [4.78, 5) is 17.0. The molecule has 0 aliphatic rings. The number of amides is 1. The third kappa shape index (κ3) is 4.29. The third-order valence-electron chi connectivity index (χ3n) is 4.36. The lowest BCUT2D eigenvalue weighted by atomic mass is 10.1. The maximum absolute atomic E-state index is 12.3. The number of carbonyl (C=O) groups is 1. The highest BCUT2D eigenvalue weighted by Crippen LogP contribution is 2.21. The van der Waals surface area contributed by atoms with Gasteiger partial charge in [-0.1, -0.05) is 49.4 Å². The number of benzene rings is 2. The summed E-state index contributed by atoms with van der Waals surface area (Å²) < 4.78 is 2.16. The van der Waals surface area contributed by atoms with Crippen molar-refractivity contribution in [2.75, 3.05) is 13.1 Å². The van der Waals surface area contributed by atoms with Gasteiger partial charge in [-0.25, -0.2) is 4.98 Å². The molecule has 0 spiro atoms. The molecule has 0 aliphatic carbocycles. The second kappa shape index (κ2) is 8.63. The molecule has 0 saturated heterocycles. The second-order valence-corrected chi connectivity index (χ2v) is 6.42. The quantitative estimate of drug-likeness (QED) is 0.614. The molecule has 0 fully saturated rings. The molecule has 3 aromatic rings. The van der Waals surface area contributed by atoms with Gasteiger partial charge in [0.05, 0.1) is 11.0 Å². The van der Waals surface area contributed by atoms with Crippen molar-refractivity contribution in [1.29, 1.82) is 0 Å². The number of para-hydroxylation sites is 2. The zero-order valence-electron chi connectivity index (χ0n) is 15.1. The number of fused-ring (bicyclic) bond motifs is 1. The minimum Gasteiger partial charge on any atom is -0.356 e. The fourth-order valence-corrected chi connectivity index (χ4v) is 2.93. The molecule has 1 radical (unpaired) electrons. The molecule has 1 aromatic heterocycles. The Kier molecular flexibility index (Phi) is 6.02. The molecule has 1 heterocycles. The van der Waals surface area contributed by atoms with Crippen LogP contribution in [0.4, 0.5) is 0 Å². The molecule has 0 saturated carbocycles. The number of carbonyl (C=O) groups excluding carboxylic acids is 1. The minimum atomic E-state index is -0.265. The molecule has 1 unspecified atom stereocenters. The average molecular weight is 349 g/mol. The number of nitrogens with two attached hydrogens (primary N) is 1. The van der Waals surface area contributed by atoms with Gasteiger partial charge in [-0.05, 0) is 30.7 Å². The molecule has 1 amide bonds. The van der Waals surface area contributed by atoms with Crippen LogP contribution >= 0.6 is 0 Å². The Morgan fingerprint density at radius 2 is 1.92 bits per heavy atom. The van der Waals surface area contributed by atoms with Crippen molar-refractivity contribution in [3.8, 4) is 0 Å². The Bertz CT molecular complexity index is 857. The van der Waals surface area contributed by atoms with Gasteiger partial charge in [-0.15, -0.1) is 0 Å². The lowest BCUT2D eigenvalue weighted by molar-refractivity contribution is -0.123. The molecular weight excluding hydrogens is 324 g/mol. The van der Waals surface area contributed by atoms with Crippen LogP contribution in [0.1, 0.15) is 24.7 Å². The van der Waals surface area contributed by atoms with Crippen LogP contribution in [-0.4, -0.2) is 28.5 Å². The van der Waals surface area contributed by atoms with E-state index >= 15 is 0 Å². The molecule has 5 heteroatoms. The molecule has 2 aromatic carbocycles. The molecule has 3 rings (SSSR count). The first-order valence-corrected chi connectivity index (χ1v) is 9.01. The molecule has 1 atom stereocenters. The van der Waals surface area contributed by atoms with E-state index in [1.807, 2.05) is 49.7 Å². The predicted molar refractivity (Wildman–Crippen MR) is 105 cm³/mol. The fourth-order valence-electron chi connectivity index (χ4n) is 2.93. The number of imidazole rings is 1. The number of nitrogens with one attached hydrogen (secondary N) is 1. The van der Waals surface area contributed by atoms with E-state index in [1.54, 1.807) is 0 Å². The van der Waals surface area contributed by atoms with Crippen molar-refractivity contribution in [3.05, 3.63) is 72.4 Å². The van der Waals surface area contributed by atoms with Crippen molar-refractivity contribution in [2.24, 2.45) is 11.7 Å². The SMILES string of the molecule is CC([CH]c1nc2ccccc2n1Cc1ccccc1)C(=O)NCCCN. The Morgan fingerprint density at radius 3 is 2.69 bits per heavy atom. The van der Waals surface area contributed by atoms with Gasteiger partial charge in [0.1, 0.15) is 5.82 Å². The van der Waals surface area contributed by atoms with E-state index in [0.717, 1.165) is 23.3 Å². The van der Waals surface area contributed by atoms with Crippen molar-refractivity contribution in [3.63, 3.8) is 0 Å². The van der Waals surface area contributed by atoms with Crippen molar-refractivity contribution >= 4 is 16.9 Å². The summed E-state index contributed by atoms with van der Waals surface area (Å²) in [5.41, 5.74) is 8.68. The summed E-state index contributed by atoms with van der Waals surface area (Å²) in [5.74, 6) is 0.549. The molecule has 5 nitrogen and oxygen atoms in total. The number of rotatable bonds is 8. The number of hydrogen-bond acceptors (Lipinski definition) is 3. The molecule has 26 heavy (non-hydrogen) atoms. The number of nitrogens with zero attached hydrogens (tertiary/aromatic N) is 2. The average Bonchev–Trinajstić information content (AvgIpc) is 3.00. The van der Waals surface area contributed by atoms with E-state index in [1.165, 1.54) is 5.56 Å². The smallest absolute Gasteiger partial charge is 0.223 e. The van der Waals surface area contributed by atoms with Crippen molar-refractivity contribution in [1.82, 2.24) is 14.9 Å². The lowest BCUT2D eigenvalue weighted by Crippen LogP contribution is -2.31. The van der Waals surface area contributed by atoms with Crippen LogP contribution in [0.15, 0.2) is 54.6 Å². The van der Waals surface area contributed by atoms with Crippen LogP contribution in [0, 0.1) is 12.3 Å². The zero-order valence-corrected chi connectivity index (χ0v) is 15.1. The largest absolute Gasteiger partial charge is 0.356 e. The molecular formula is C21H25N4O. The standard InChI is InChI=1S/C21H25N4O/c1-16(21(26)23-13-7-12-22)14-20-24-18-10-5-6-11-19(18)25(20)15-17-8-3-2-4-9-17/h2-6,8-11,14,16H,7,12-13,15,22H2,1H3,(H,23,26). The zero-order chi connectivity index (χ0) is 18.4. The Labute approximate surface area is 154 Å². The highest BCUT2D eigenvalue weighted by molar-refractivity contribution is 5.81. The van der Waals surface area contributed by atoms with Gasteiger partial charge in [0.15, 0.2) is 0 Å². The van der Waals surface area contributed by atoms with Crippen LogP contribution < -0.4 is 11.1 Å². The van der Waals surface area contributed by atoms with Gasteiger partial charge in [-0.2, -0.15) is 0 Å². The summed E-state index contributed by atoms with van der Waals surface area (Å²) in [6.07, 6.45) is 2.71. The Balaban J connectivity index is 1.83. The summed E-state index contributed by atoms with van der Waals surface area (Å²) in [7, 11) is 0. The maximum Gasteiger partial charge on any atom is 0.223 e. The summed E-state index contributed by atoms with van der Waals surface area (Å²) >= 11 is 0. The topological polar surface area (TPSA) is 72.9 Å². The van der Waals surface area contributed by atoms with Gasteiger partial charge in [0.25, 0.3) is 0 Å². The lowest BCUT2D eigenvalue weighted by Gasteiger charge is -2.14. The third-order valence-corrected chi connectivity index (χ3v) is 4.36. The van der Waals surface area contributed by atoms with Crippen LogP contribution in [-0.2, 0) is 11.3 Å². The summed E-state index contributed by atoms with van der Waals surface area (Å²) in [5, 5.41) is 2.92. The molecule has 3 N–H and O–H groups in total. The van der Waals surface area contributed by atoms with Gasteiger partial charge < -0.3 is 15.6 Å². The fraction of sp³-hybridized carbons (Fsp3) is 0.286. The molecule has 0 aliphatic heterocycles. The Morgan fingerprint density at radius 1 is 1.19 bits per heavy atom. The number of aromatic nitrogens is 2. The van der Waals surface area contributed by atoms with Crippen molar-refractivity contribution < 1.29 is 4.79 Å². The van der Waals surface area contributed by atoms with E-state index in [-0.39, 0.29) is 11.8 Å². The molecule has 135 valence electrons. The van der Waals surface area contributed by atoms with E-state index in [2.05, 4.69) is 28.1 Å². The Hall–Kier alpha value is -2.66. The van der Waals surface area contributed by atoms with Crippen LogP contribution in [0.2, 0.25) is 0 Å². The van der Waals surface area contributed by atoms with E-state index in [9.17, 15) is 4.79 Å². The van der Waals surface area contributed by atoms with Crippen LogP contribution in [0.3, 0.4) is 0 Å². The molecule has 0 bridgehead atoms. The predicted octanol–water partition coefficient (Wildman–Crippen LogP) is 2.74.